The Morgan fingerprint density at radius 2 is 2.09 bits per heavy atom. The number of piperidine rings is 1. The third kappa shape index (κ3) is 3.09. The molecule has 6 heteroatoms. The van der Waals surface area contributed by atoms with Gasteiger partial charge in [-0.3, -0.25) is 0 Å². The van der Waals surface area contributed by atoms with Gasteiger partial charge >= 0.3 is 0 Å². The molecule has 1 aliphatic rings. The first-order chi connectivity index (χ1) is 11.1. The van der Waals surface area contributed by atoms with Crippen molar-refractivity contribution < 1.29 is 9.13 Å². The maximum atomic E-state index is 15.3. The van der Waals surface area contributed by atoms with E-state index in [0.29, 0.717) is 48.9 Å². The van der Waals surface area contributed by atoms with Crippen molar-refractivity contribution in [1.82, 2.24) is 9.97 Å². The molecule has 0 amide bonds. The molecule has 1 aromatic heterocycles. The van der Waals surface area contributed by atoms with Gasteiger partial charge in [0.25, 0.3) is 0 Å². The maximum Gasteiger partial charge on any atom is 0.226 e. The molecule has 1 fully saturated rings. The molecule has 2 heterocycles. The molecule has 5 nitrogen and oxygen atoms in total. The Bertz CT molecular complexity index is 735. The van der Waals surface area contributed by atoms with Gasteiger partial charge in [-0.2, -0.15) is 5.26 Å². The van der Waals surface area contributed by atoms with Crippen LogP contribution in [0.2, 0.25) is 0 Å². The second-order valence-electron chi connectivity index (χ2n) is 5.54. The number of benzene rings is 1. The summed E-state index contributed by atoms with van der Waals surface area (Å²) in [5.41, 5.74) is -0.416. The van der Waals surface area contributed by atoms with Gasteiger partial charge in [-0.05, 0) is 23.8 Å². The van der Waals surface area contributed by atoms with Crippen LogP contribution in [0.3, 0.4) is 0 Å². The number of nitrogens with zero attached hydrogens (tertiary/aromatic N) is 4. The number of rotatable bonds is 3. The number of halogens is 1. The minimum absolute atomic E-state index is 0.319. The van der Waals surface area contributed by atoms with E-state index in [4.69, 9.17) is 10.00 Å². The molecule has 0 saturated carbocycles. The van der Waals surface area contributed by atoms with Crippen molar-refractivity contribution in [3.8, 4) is 11.8 Å². The van der Waals surface area contributed by atoms with Gasteiger partial charge in [0.1, 0.15) is 23.2 Å². The minimum Gasteiger partial charge on any atom is -0.497 e. The van der Waals surface area contributed by atoms with E-state index in [9.17, 15) is 0 Å². The Labute approximate surface area is 134 Å². The summed E-state index contributed by atoms with van der Waals surface area (Å²) in [7, 11) is 1.58. The summed E-state index contributed by atoms with van der Waals surface area (Å²) in [5, 5.41) is 8.91. The number of hydrogen-bond donors (Lipinski definition) is 0. The molecule has 0 radical (unpaired) electrons. The summed E-state index contributed by atoms with van der Waals surface area (Å²) < 4.78 is 20.5. The first kappa shape index (κ1) is 15.2. The zero-order valence-electron chi connectivity index (χ0n) is 12.9. The van der Waals surface area contributed by atoms with E-state index >= 15 is 4.39 Å². The van der Waals surface area contributed by atoms with E-state index in [0.717, 1.165) is 0 Å². The summed E-state index contributed by atoms with van der Waals surface area (Å²) in [4.78, 5) is 10.3. The quantitative estimate of drug-likeness (QED) is 0.872. The van der Waals surface area contributed by atoms with E-state index in [-0.39, 0.29) is 0 Å². The Balaban J connectivity index is 1.75. The Morgan fingerprint density at radius 3 is 2.78 bits per heavy atom. The first-order valence-electron chi connectivity index (χ1n) is 7.46. The molecule has 0 N–H and O–H groups in total. The van der Waals surface area contributed by atoms with Crippen molar-refractivity contribution >= 4 is 5.95 Å². The average Bonchev–Trinajstić information content (AvgIpc) is 2.62. The van der Waals surface area contributed by atoms with Crippen molar-refractivity contribution in [2.24, 2.45) is 0 Å². The normalized spacial score (nSPS) is 16.7. The molecule has 0 atom stereocenters. The molecular formula is C17H17FN4O. The van der Waals surface area contributed by atoms with Crippen LogP contribution >= 0.6 is 0 Å². The fourth-order valence-electron chi connectivity index (χ4n) is 2.81. The number of nitriles is 1. The van der Waals surface area contributed by atoms with Crippen LogP contribution in [0.4, 0.5) is 10.3 Å². The molecule has 1 aromatic carbocycles. The summed E-state index contributed by atoms with van der Waals surface area (Å²) >= 11 is 0. The van der Waals surface area contributed by atoms with Gasteiger partial charge in [-0.25, -0.2) is 14.4 Å². The van der Waals surface area contributed by atoms with Gasteiger partial charge in [-0.1, -0.05) is 12.1 Å². The Kier molecular flexibility index (Phi) is 4.11. The number of hydrogen-bond acceptors (Lipinski definition) is 5. The van der Waals surface area contributed by atoms with Crippen LogP contribution in [0.15, 0.2) is 36.5 Å². The van der Waals surface area contributed by atoms with Gasteiger partial charge in [0, 0.05) is 32.1 Å². The van der Waals surface area contributed by atoms with Crippen LogP contribution < -0.4 is 9.64 Å². The second kappa shape index (κ2) is 6.21. The second-order valence-corrected chi connectivity index (χ2v) is 5.54. The largest absolute Gasteiger partial charge is 0.497 e. The SMILES string of the molecule is COc1cccc(C2(F)CCN(c3nccc(C#N)n3)CC2)c1. The van der Waals surface area contributed by atoms with E-state index < -0.39 is 5.67 Å². The third-order valence-corrected chi connectivity index (χ3v) is 4.18. The van der Waals surface area contributed by atoms with Crippen LogP contribution in [-0.4, -0.2) is 30.2 Å². The lowest BCUT2D eigenvalue weighted by molar-refractivity contribution is 0.124. The van der Waals surface area contributed by atoms with Gasteiger partial charge in [0.2, 0.25) is 5.95 Å². The van der Waals surface area contributed by atoms with Gasteiger partial charge < -0.3 is 9.64 Å². The van der Waals surface area contributed by atoms with E-state index in [1.165, 1.54) is 0 Å². The van der Waals surface area contributed by atoms with Crippen LogP contribution in [0.25, 0.3) is 0 Å². The van der Waals surface area contributed by atoms with Crippen molar-refractivity contribution in [2.45, 2.75) is 18.5 Å². The van der Waals surface area contributed by atoms with Crippen LogP contribution in [0, 0.1) is 11.3 Å². The van der Waals surface area contributed by atoms with Crippen molar-refractivity contribution in [2.75, 3.05) is 25.1 Å². The predicted molar refractivity (Wildman–Crippen MR) is 84.0 cm³/mol. The summed E-state index contributed by atoms with van der Waals surface area (Å²) in [6.45, 7) is 1.01. The maximum absolute atomic E-state index is 15.3. The summed E-state index contributed by atoms with van der Waals surface area (Å²) in [6, 6.07) is 10.7. The topological polar surface area (TPSA) is 62.0 Å². The highest BCUT2D eigenvalue weighted by Gasteiger charge is 2.37. The highest BCUT2D eigenvalue weighted by Crippen LogP contribution is 2.38. The van der Waals surface area contributed by atoms with E-state index in [1.807, 2.05) is 17.0 Å². The molecule has 0 aliphatic carbocycles. The molecule has 2 aromatic rings. The molecule has 0 unspecified atom stereocenters. The van der Waals surface area contributed by atoms with Gasteiger partial charge in [0.05, 0.1) is 7.11 Å². The number of methoxy groups -OCH3 is 1. The van der Waals surface area contributed by atoms with E-state index in [1.54, 1.807) is 37.6 Å². The first-order valence-corrected chi connectivity index (χ1v) is 7.46. The molecule has 0 spiro atoms. The van der Waals surface area contributed by atoms with Crippen LogP contribution in [0.5, 0.6) is 5.75 Å². The Hall–Kier alpha value is -2.68. The number of alkyl halides is 1. The standard InChI is InChI=1S/C17H17FN4O/c1-23-15-4-2-3-13(11-15)17(18)6-9-22(10-7-17)16-20-8-5-14(12-19)21-16/h2-5,8,11H,6-7,9-10H2,1H3. The molecule has 23 heavy (non-hydrogen) atoms. The molecule has 3 rings (SSSR count). The van der Waals surface area contributed by atoms with Crippen molar-refractivity contribution in [3.05, 3.63) is 47.8 Å². The molecule has 118 valence electrons. The zero-order valence-corrected chi connectivity index (χ0v) is 12.9. The van der Waals surface area contributed by atoms with Crippen molar-refractivity contribution in [1.29, 1.82) is 5.26 Å². The van der Waals surface area contributed by atoms with E-state index in [2.05, 4.69) is 9.97 Å². The lowest BCUT2D eigenvalue weighted by Gasteiger charge is -2.36. The molecular weight excluding hydrogens is 295 g/mol. The molecule has 1 aliphatic heterocycles. The number of aromatic nitrogens is 2. The average molecular weight is 312 g/mol. The highest BCUT2D eigenvalue weighted by molar-refractivity contribution is 5.37. The number of anilines is 1. The Morgan fingerprint density at radius 1 is 1.30 bits per heavy atom. The lowest BCUT2D eigenvalue weighted by atomic mass is 9.86. The van der Waals surface area contributed by atoms with Gasteiger partial charge in [0.15, 0.2) is 0 Å². The fraction of sp³-hybridized carbons (Fsp3) is 0.353. The minimum atomic E-state index is -1.38. The predicted octanol–water partition coefficient (Wildman–Crippen LogP) is 2.82. The van der Waals surface area contributed by atoms with Gasteiger partial charge in [-0.15, -0.1) is 0 Å². The third-order valence-electron chi connectivity index (χ3n) is 4.18. The fourth-order valence-corrected chi connectivity index (χ4v) is 2.81. The smallest absolute Gasteiger partial charge is 0.226 e. The molecule has 0 bridgehead atoms. The summed E-state index contributed by atoms with van der Waals surface area (Å²) in [6.07, 6.45) is 2.25. The number of ether oxygens (including phenoxy) is 1. The lowest BCUT2D eigenvalue weighted by Crippen LogP contribution is -2.41. The summed E-state index contributed by atoms with van der Waals surface area (Å²) in [5.74, 6) is 1.14. The highest BCUT2D eigenvalue weighted by atomic mass is 19.1. The van der Waals surface area contributed by atoms with Crippen molar-refractivity contribution in [3.63, 3.8) is 0 Å². The zero-order chi connectivity index (χ0) is 16.3. The molecule has 1 saturated heterocycles. The van der Waals surface area contributed by atoms with Crippen LogP contribution in [0.1, 0.15) is 24.1 Å². The monoisotopic (exact) mass is 312 g/mol. The van der Waals surface area contributed by atoms with Crippen LogP contribution in [-0.2, 0) is 5.67 Å².